The number of hydrogen-bond donors (Lipinski definition) is 1. The predicted octanol–water partition coefficient (Wildman–Crippen LogP) is 3.00. The number of benzene rings is 1. The second-order valence-electron chi connectivity index (χ2n) is 5.08. The van der Waals surface area contributed by atoms with Gasteiger partial charge in [0.15, 0.2) is 11.7 Å². The van der Waals surface area contributed by atoms with E-state index in [0.29, 0.717) is 11.4 Å². The molecule has 1 aromatic carbocycles. The van der Waals surface area contributed by atoms with E-state index in [1.807, 2.05) is 12.1 Å². The smallest absolute Gasteiger partial charge is 0.250 e. The van der Waals surface area contributed by atoms with Crippen molar-refractivity contribution in [1.29, 1.82) is 5.26 Å². The molecule has 0 bridgehead atoms. The van der Waals surface area contributed by atoms with Crippen LogP contribution in [0.4, 0.5) is 5.82 Å². The molecule has 0 aliphatic carbocycles. The first kappa shape index (κ1) is 16.4. The first-order valence-corrected chi connectivity index (χ1v) is 7.40. The topological polar surface area (TPSA) is 82.8 Å². The number of anilines is 1. The summed E-state index contributed by atoms with van der Waals surface area (Å²) in [5.41, 5.74) is 1.48. The van der Waals surface area contributed by atoms with E-state index in [9.17, 15) is 14.9 Å². The van der Waals surface area contributed by atoms with Gasteiger partial charge in [0.2, 0.25) is 0 Å². The molecular formula is C18H17N3O2. The summed E-state index contributed by atoms with van der Waals surface area (Å²) < 4.78 is 0. The predicted molar refractivity (Wildman–Crippen MR) is 86.7 cm³/mol. The van der Waals surface area contributed by atoms with Crippen LogP contribution in [0, 0.1) is 17.2 Å². The fourth-order valence-corrected chi connectivity index (χ4v) is 2.16. The summed E-state index contributed by atoms with van der Waals surface area (Å²) in [7, 11) is 0. The Morgan fingerprint density at radius 3 is 2.52 bits per heavy atom. The van der Waals surface area contributed by atoms with Crippen molar-refractivity contribution in [2.75, 3.05) is 5.32 Å². The van der Waals surface area contributed by atoms with Gasteiger partial charge in [-0.05, 0) is 24.1 Å². The van der Waals surface area contributed by atoms with Crippen molar-refractivity contribution in [3.05, 3.63) is 59.8 Å². The molecule has 0 fully saturated rings. The minimum atomic E-state index is -1.39. The number of aryl methyl sites for hydroxylation is 1. The highest BCUT2D eigenvalue weighted by Crippen LogP contribution is 2.13. The Kier molecular flexibility index (Phi) is 5.59. The maximum atomic E-state index is 12.4. The zero-order valence-corrected chi connectivity index (χ0v) is 12.8. The highest BCUT2D eigenvalue weighted by atomic mass is 16.2. The molecule has 0 saturated heterocycles. The summed E-state index contributed by atoms with van der Waals surface area (Å²) in [6, 6.07) is 13.8. The Hall–Kier alpha value is -3.00. The van der Waals surface area contributed by atoms with Crippen molar-refractivity contribution >= 4 is 17.5 Å². The highest BCUT2D eigenvalue weighted by Gasteiger charge is 2.27. The highest BCUT2D eigenvalue weighted by molar-refractivity contribution is 6.15. The molecule has 1 aromatic heterocycles. The zero-order valence-electron chi connectivity index (χ0n) is 12.8. The van der Waals surface area contributed by atoms with Crippen molar-refractivity contribution in [3.8, 4) is 6.07 Å². The summed E-state index contributed by atoms with van der Waals surface area (Å²) in [5.74, 6) is -2.27. The maximum absolute atomic E-state index is 12.4. The van der Waals surface area contributed by atoms with E-state index in [0.717, 1.165) is 18.4 Å². The second-order valence-corrected chi connectivity index (χ2v) is 5.08. The van der Waals surface area contributed by atoms with E-state index in [1.54, 1.807) is 36.4 Å². The number of rotatable bonds is 6. The average molecular weight is 307 g/mol. The van der Waals surface area contributed by atoms with Gasteiger partial charge in [-0.2, -0.15) is 5.26 Å². The van der Waals surface area contributed by atoms with Crippen molar-refractivity contribution in [1.82, 2.24) is 4.98 Å². The van der Waals surface area contributed by atoms with Crippen molar-refractivity contribution < 1.29 is 9.59 Å². The summed E-state index contributed by atoms with van der Waals surface area (Å²) in [4.78, 5) is 28.5. The fraction of sp³-hybridized carbons (Fsp3) is 0.222. The monoisotopic (exact) mass is 307 g/mol. The first-order valence-electron chi connectivity index (χ1n) is 7.40. The lowest BCUT2D eigenvalue weighted by molar-refractivity contribution is -0.117. The van der Waals surface area contributed by atoms with E-state index in [2.05, 4.69) is 17.2 Å². The van der Waals surface area contributed by atoms with Gasteiger partial charge in [-0.1, -0.05) is 43.7 Å². The molecule has 1 heterocycles. The van der Waals surface area contributed by atoms with Crippen LogP contribution in [0.5, 0.6) is 0 Å². The third kappa shape index (κ3) is 4.24. The summed E-state index contributed by atoms with van der Waals surface area (Å²) in [5, 5.41) is 11.7. The Balaban J connectivity index is 2.11. The molecule has 5 heteroatoms. The van der Waals surface area contributed by atoms with Crippen LogP contribution in [0.2, 0.25) is 0 Å². The van der Waals surface area contributed by atoms with Gasteiger partial charge in [-0.25, -0.2) is 4.98 Å². The Bertz CT molecular complexity index is 718. The van der Waals surface area contributed by atoms with E-state index >= 15 is 0 Å². The molecule has 116 valence electrons. The van der Waals surface area contributed by atoms with Gasteiger partial charge in [0, 0.05) is 11.8 Å². The molecule has 2 rings (SSSR count). The molecule has 5 nitrogen and oxygen atoms in total. The number of aromatic nitrogens is 1. The SMILES string of the molecule is CCCc1ccc(C(=O)[C@@H](C#N)C(=O)Nc2ccccn2)cc1. The van der Waals surface area contributed by atoms with E-state index < -0.39 is 17.6 Å². The zero-order chi connectivity index (χ0) is 16.7. The van der Waals surface area contributed by atoms with Gasteiger partial charge in [-0.15, -0.1) is 0 Å². The van der Waals surface area contributed by atoms with Crippen molar-refractivity contribution in [2.45, 2.75) is 19.8 Å². The lowest BCUT2D eigenvalue weighted by atomic mass is 9.96. The maximum Gasteiger partial charge on any atom is 0.250 e. The van der Waals surface area contributed by atoms with Gasteiger partial charge >= 0.3 is 0 Å². The fourth-order valence-electron chi connectivity index (χ4n) is 2.16. The molecular weight excluding hydrogens is 290 g/mol. The van der Waals surface area contributed by atoms with Crippen molar-refractivity contribution in [2.24, 2.45) is 5.92 Å². The number of nitrogens with one attached hydrogen (secondary N) is 1. The van der Waals surface area contributed by atoms with Gasteiger partial charge in [0.25, 0.3) is 5.91 Å². The molecule has 1 amide bonds. The summed E-state index contributed by atoms with van der Waals surface area (Å²) >= 11 is 0. The minimum absolute atomic E-state index is 0.309. The minimum Gasteiger partial charge on any atom is -0.309 e. The molecule has 0 unspecified atom stereocenters. The Labute approximate surface area is 135 Å². The van der Waals surface area contributed by atoms with Crippen LogP contribution < -0.4 is 5.32 Å². The standard InChI is InChI=1S/C18H17N3O2/c1-2-5-13-7-9-14(10-8-13)17(22)15(12-19)18(23)21-16-6-3-4-11-20-16/h3-4,6-11,15H,2,5H2,1H3,(H,20,21,23)/t15-/m1/s1. The van der Waals surface area contributed by atoms with Crippen LogP contribution in [-0.2, 0) is 11.2 Å². The van der Waals surface area contributed by atoms with Crippen LogP contribution in [0.25, 0.3) is 0 Å². The lowest BCUT2D eigenvalue weighted by Gasteiger charge is -2.09. The molecule has 0 spiro atoms. The molecule has 1 atom stereocenters. The number of Topliss-reactive ketones (excluding diaryl/α,β-unsaturated/α-hetero) is 1. The summed E-state index contributed by atoms with van der Waals surface area (Å²) in [6.07, 6.45) is 3.46. The number of nitriles is 1. The number of pyridine rings is 1. The first-order chi connectivity index (χ1) is 11.2. The van der Waals surface area contributed by atoms with Gasteiger partial charge in [-0.3, -0.25) is 9.59 Å². The van der Waals surface area contributed by atoms with Gasteiger partial charge in [0.1, 0.15) is 5.82 Å². The van der Waals surface area contributed by atoms with Crippen LogP contribution >= 0.6 is 0 Å². The Morgan fingerprint density at radius 2 is 1.96 bits per heavy atom. The molecule has 2 aromatic rings. The largest absolute Gasteiger partial charge is 0.309 e. The number of carbonyl (C=O) groups is 2. The second kappa shape index (κ2) is 7.85. The van der Waals surface area contributed by atoms with E-state index in [1.165, 1.54) is 6.20 Å². The number of nitrogens with zero attached hydrogens (tertiary/aromatic N) is 2. The van der Waals surface area contributed by atoms with Crippen LogP contribution in [0.15, 0.2) is 48.7 Å². The van der Waals surface area contributed by atoms with Crippen LogP contribution in [0.3, 0.4) is 0 Å². The average Bonchev–Trinajstić information content (AvgIpc) is 2.57. The number of carbonyl (C=O) groups excluding carboxylic acids is 2. The molecule has 0 saturated carbocycles. The number of amides is 1. The van der Waals surface area contributed by atoms with Crippen LogP contribution in [0.1, 0.15) is 29.3 Å². The Morgan fingerprint density at radius 1 is 1.22 bits per heavy atom. The molecule has 23 heavy (non-hydrogen) atoms. The molecule has 1 N–H and O–H groups in total. The van der Waals surface area contributed by atoms with Gasteiger partial charge < -0.3 is 5.32 Å². The lowest BCUT2D eigenvalue weighted by Crippen LogP contribution is -2.29. The molecule has 0 radical (unpaired) electrons. The van der Waals surface area contributed by atoms with Gasteiger partial charge in [0.05, 0.1) is 6.07 Å². The molecule has 0 aliphatic heterocycles. The number of ketones is 1. The quantitative estimate of drug-likeness (QED) is 0.657. The third-order valence-corrected chi connectivity index (χ3v) is 3.35. The van der Waals surface area contributed by atoms with Crippen LogP contribution in [-0.4, -0.2) is 16.7 Å². The summed E-state index contributed by atoms with van der Waals surface area (Å²) in [6.45, 7) is 2.08. The van der Waals surface area contributed by atoms with E-state index in [-0.39, 0.29) is 0 Å². The normalized spacial score (nSPS) is 11.3. The molecule has 0 aliphatic rings. The third-order valence-electron chi connectivity index (χ3n) is 3.35. The number of hydrogen-bond acceptors (Lipinski definition) is 4. The van der Waals surface area contributed by atoms with E-state index in [4.69, 9.17) is 0 Å². The van der Waals surface area contributed by atoms with Crippen molar-refractivity contribution in [3.63, 3.8) is 0 Å².